The quantitative estimate of drug-likeness (QED) is 0.787. The molecule has 2 nitrogen and oxygen atoms in total. The van der Waals surface area contributed by atoms with E-state index in [1.54, 1.807) is 0 Å². The van der Waals surface area contributed by atoms with Crippen molar-refractivity contribution in [3.63, 3.8) is 0 Å². The van der Waals surface area contributed by atoms with Gasteiger partial charge in [-0.05, 0) is 31.5 Å². The second-order valence-electron chi connectivity index (χ2n) is 4.35. The van der Waals surface area contributed by atoms with E-state index in [0.717, 1.165) is 16.7 Å². The van der Waals surface area contributed by atoms with Crippen LogP contribution in [0.15, 0.2) is 30.5 Å². The van der Waals surface area contributed by atoms with Gasteiger partial charge in [0.2, 0.25) is 0 Å². The number of aryl methyl sites for hydroxylation is 1. The number of halogens is 3. The Morgan fingerprint density at radius 1 is 1.21 bits per heavy atom. The van der Waals surface area contributed by atoms with E-state index < -0.39 is 12.6 Å². The second kappa shape index (κ2) is 5.55. The van der Waals surface area contributed by atoms with Crippen LogP contribution in [-0.2, 0) is 6.54 Å². The summed E-state index contributed by atoms with van der Waals surface area (Å²) in [5.41, 5.74) is 0.910. The van der Waals surface area contributed by atoms with Crippen LogP contribution in [-0.4, -0.2) is 17.4 Å². The first kappa shape index (κ1) is 13.8. The molecule has 104 valence electrons. The van der Waals surface area contributed by atoms with E-state index in [1.165, 1.54) is 0 Å². The molecule has 0 unspecified atom stereocenters. The van der Waals surface area contributed by atoms with Gasteiger partial charge in [0.1, 0.15) is 5.75 Å². The molecule has 0 saturated carbocycles. The summed E-state index contributed by atoms with van der Waals surface area (Å²) in [6.45, 7) is 2.83. The highest BCUT2D eigenvalue weighted by atomic mass is 19.4. The van der Waals surface area contributed by atoms with Crippen LogP contribution in [0.3, 0.4) is 0 Å². The lowest BCUT2D eigenvalue weighted by Crippen LogP contribution is -2.08. The molecule has 0 radical (unpaired) electrons. The predicted octanol–water partition coefficient (Wildman–Crippen LogP) is 4.38. The Morgan fingerprint density at radius 2 is 2.00 bits per heavy atom. The number of hydrogen-bond donors (Lipinski definition) is 0. The summed E-state index contributed by atoms with van der Waals surface area (Å²) < 4.78 is 43.7. The molecule has 5 heteroatoms. The third kappa shape index (κ3) is 3.43. The third-order valence-corrected chi connectivity index (χ3v) is 2.93. The molecule has 0 spiro atoms. The Hall–Kier alpha value is -1.65. The van der Waals surface area contributed by atoms with Gasteiger partial charge in [-0.15, -0.1) is 0 Å². The number of ether oxygens (including phenoxy) is 1. The summed E-state index contributed by atoms with van der Waals surface area (Å²) in [6, 6.07) is 7.50. The maximum absolute atomic E-state index is 12.1. The van der Waals surface area contributed by atoms with Gasteiger partial charge >= 0.3 is 6.18 Å². The van der Waals surface area contributed by atoms with Crippen molar-refractivity contribution < 1.29 is 17.9 Å². The zero-order valence-corrected chi connectivity index (χ0v) is 10.7. The van der Waals surface area contributed by atoms with Crippen molar-refractivity contribution in [1.82, 2.24) is 4.57 Å². The number of fused-ring (bicyclic) bond motifs is 1. The van der Waals surface area contributed by atoms with Gasteiger partial charge < -0.3 is 9.30 Å². The average Bonchev–Trinajstić information content (AvgIpc) is 2.73. The highest BCUT2D eigenvalue weighted by Gasteiger charge is 2.26. The third-order valence-electron chi connectivity index (χ3n) is 2.93. The highest BCUT2D eigenvalue weighted by Crippen LogP contribution is 2.28. The number of hydrogen-bond acceptors (Lipinski definition) is 1. The van der Waals surface area contributed by atoms with Crippen LogP contribution in [0.2, 0.25) is 0 Å². The summed E-state index contributed by atoms with van der Waals surface area (Å²) in [5, 5.41) is 0.941. The predicted molar refractivity (Wildman–Crippen MR) is 68.4 cm³/mol. The van der Waals surface area contributed by atoms with Gasteiger partial charge in [-0.2, -0.15) is 13.2 Å². The number of nitrogens with zero attached hydrogens (tertiary/aromatic N) is 1. The molecule has 0 aliphatic rings. The van der Waals surface area contributed by atoms with Crippen molar-refractivity contribution in [2.75, 3.05) is 6.61 Å². The Morgan fingerprint density at radius 3 is 2.68 bits per heavy atom. The van der Waals surface area contributed by atoms with Crippen molar-refractivity contribution in [3.05, 3.63) is 30.5 Å². The normalized spacial score (nSPS) is 12.0. The summed E-state index contributed by atoms with van der Waals surface area (Å²) in [6.07, 6.45) is -2.94. The van der Waals surface area contributed by atoms with E-state index in [-0.39, 0.29) is 6.42 Å². The molecule has 0 N–H and O–H groups in total. The van der Waals surface area contributed by atoms with Crippen LogP contribution in [0.1, 0.15) is 19.8 Å². The number of benzene rings is 1. The molecular weight excluding hydrogens is 255 g/mol. The van der Waals surface area contributed by atoms with Gasteiger partial charge in [0.25, 0.3) is 0 Å². The first-order chi connectivity index (χ1) is 9.01. The molecular formula is C14H16F3NO. The van der Waals surface area contributed by atoms with Crippen LogP contribution in [0.25, 0.3) is 10.9 Å². The number of rotatable bonds is 5. The summed E-state index contributed by atoms with van der Waals surface area (Å²) >= 11 is 0. The fraction of sp³-hybridized carbons (Fsp3) is 0.429. The lowest BCUT2D eigenvalue weighted by Gasteiger charge is -2.09. The molecule has 0 aliphatic carbocycles. The molecule has 0 bridgehead atoms. The van der Waals surface area contributed by atoms with E-state index in [9.17, 15) is 13.2 Å². The Balaban J connectivity index is 2.14. The minimum Gasteiger partial charge on any atom is -0.493 e. The van der Waals surface area contributed by atoms with Crippen LogP contribution >= 0.6 is 0 Å². The fourth-order valence-electron chi connectivity index (χ4n) is 2.12. The minimum absolute atomic E-state index is 0.0894. The van der Waals surface area contributed by atoms with E-state index >= 15 is 0 Å². The fourth-order valence-corrected chi connectivity index (χ4v) is 2.12. The van der Waals surface area contributed by atoms with Gasteiger partial charge in [0, 0.05) is 24.5 Å². The molecule has 0 aliphatic heterocycles. The summed E-state index contributed by atoms with van der Waals surface area (Å²) in [4.78, 5) is 0. The van der Waals surface area contributed by atoms with E-state index in [4.69, 9.17) is 4.74 Å². The molecule has 0 fully saturated rings. The van der Waals surface area contributed by atoms with Crippen LogP contribution in [0.5, 0.6) is 5.75 Å². The Bertz CT molecular complexity index is 545. The second-order valence-corrected chi connectivity index (χ2v) is 4.35. The summed E-state index contributed by atoms with van der Waals surface area (Å²) in [7, 11) is 0. The molecule has 1 aromatic heterocycles. The zero-order valence-electron chi connectivity index (χ0n) is 10.7. The molecule has 19 heavy (non-hydrogen) atoms. The van der Waals surface area contributed by atoms with Gasteiger partial charge in [0.15, 0.2) is 0 Å². The van der Waals surface area contributed by atoms with Gasteiger partial charge in [-0.1, -0.05) is 6.07 Å². The minimum atomic E-state index is -4.08. The largest absolute Gasteiger partial charge is 0.493 e. The SMILES string of the molecule is CCOc1cccc2c1ccn2CCCC(F)(F)F. The lowest BCUT2D eigenvalue weighted by atomic mass is 10.2. The molecule has 1 aromatic carbocycles. The molecule has 0 amide bonds. The Kier molecular flexibility index (Phi) is 4.02. The summed E-state index contributed by atoms with van der Waals surface area (Å²) in [5.74, 6) is 0.773. The van der Waals surface area contributed by atoms with Crippen LogP contribution in [0.4, 0.5) is 13.2 Å². The van der Waals surface area contributed by atoms with Gasteiger partial charge in [0.05, 0.1) is 12.1 Å². The number of alkyl halides is 3. The van der Waals surface area contributed by atoms with Gasteiger partial charge in [-0.3, -0.25) is 0 Å². The van der Waals surface area contributed by atoms with Crippen molar-refractivity contribution in [1.29, 1.82) is 0 Å². The Labute approximate surface area is 109 Å². The topological polar surface area (TPSA) is 14.2 Å². The number of aromatic nitrogens is 1. The molecule has 1 heterocycles. The lowest BCUT2D eigenvalue weighted by molar-refractivity contribution is -0.135. The van der Waals surface area contributed by atoms with Crippen molar-refractivity contribution in [2.24, 2.45) is 0 Å². The maximum atomic E-state index is 12.1. The average molecular weight is 271 g/mol. The first-order valence-corrected chi connectivity index (χ1v) is 6.28. The monoisotopic (exact) mass is 271 g/mol. The molecule has 0 saturated heterocycles. The maximum Gasteiger partial charge on any atom is 0.389 e. The van der Waals surface area contributed by atoms with Crippen molar-refractivity contribution >= 4 is 10.9 Å². The molecule has 2 aromatic rings. The van der Waals surface area contributed by atoms with E-state index in [2.05, 4.69) is 0 Å². The van der Waals surface area contributed by atoms with Crippen LogP contribution < -0.4 is 4.74 Å². The smallest absolute Gasteiger partial charge is 0.389 e. The van der Waals surface area contributed by atoms with Crippen LogP contribution in [0, 0.1) is 0 Å². The molecule has 2 rings (SSSR count). The van der Waals surface area contributed by atoms with E-state index in [0.29, 0.717) is 13.2 Å². The van der Waals surface area contributed by atoms with E-state index in [1.807, 2.05) is 42.0 Å². The first-order valence-electron chi connectivity index (χ1n) is 6.28. The zero-order chi connectivity index (χ0) is 13.9. The molecule has 0 atom stereocenters. The van der Waals surface area contributed by atoms with Crippen molar-refractivity contribution in [3.8, 4) is 5.75 Å². The standard InChI is InChI=1S/C14H16F3NO/c1-2-19-13-6-3-5-12-11(13)7-10-18(12)9-4-8-14(15,16)17/h3,5-7,10H,2,4,8-9H2,1H3. The highest BCUT2D eigenvalue weighted by molar-refractivity contribution is 5.86. The van der Waals surface area contributed by atoms with Gasteiger partial charge in [-0.25, -0.2) is 0 Å². The van der Waals surface area contributed by atoms with Crippen molar-refractivity contribution in [2.45, 2.75) is 32.5 Å².